The van der Waals surface area contributed by atoms with Gasteiger partial charge in [-0.3, -0.25) is 14.6 Å². The van der Waals surface area contributed by atoms with Crippen LogP contribution in [0, 0.1) is 0 Å². The van der Waals surface area contributed by atoms with E-state index in [4.69, 9.17) is 9.15 Å². The van der Waals surface area contributed by atoms with E-state index in [2.05, 4.69) is 15.2 Å². The van der Waals surface area contributed by atoms with E-state index >= 15 is 0 Å². The maximum absolute atomic E-state index is 12.4. The zero-order chi connectivity index (χ0) is 22.2. The lowest BCUT2D eigenvalue weighted by molar-refractivity contribution is -0.130. The average molecular weight is 428 g/mol. The van der Waals surface area contributed by atoms with E-state index in [-0.39, 0.29) is 18.4 Å². The summed E-state index contributed by atoms with van der Waals surface area (Å²) in [6, 6.07) is 11.0. The second kappa shape index (κ2) is 10.5. The van der Waals surface area contributed by atoms with Crippen LogP contribution in [0.4, 0.5) is 0 Å². The molecule has 0 aliphatic carbocycles. The molecular weight excluding hydrogens is 398 g/mol. The van der Waals surface area contributed by atoms with Crippen LogP contribution in [0.15, 0.2) is 52.1 Å². The van der Waals surface area contributed by atoms with Crippen molar-refractivity contribution in [2.45, 2.75) is 6.54 Å². The van der Waals surface area contributed by atoms with Gasteiger partial charge in [0.05, 0.1) is 6.26 Å². The van der Waals surface area contributed by atoms with E-state index < -0.39 is 0 Å². The number of aliphatic imine (C=N–C) groups is 1. The Bertz CT molecular complexity index is 902. The van der Waals surface area contributed by atoms with Crippen LogP contribution in [0.3, 0.4) is 0 Å². The maximum atomic E-state index is 12.4. The number of amides is 2. The number of likely N-dealkylation sites (N-methyl/N-ethyl adjacent to an activating group) is 1. The molecule has 0 bridgehead atoms. The Morgan fingerprint density at radius 3 is 2.52 bits per heavy atom. The Morgan fingerprint density at radius 1 is 1.13 bits per heavy atom. The van der Waals surface area contributed by atoms with E-state index in [1.807, 2.05) is 24.3 Å². The molecule has 1 fully saturated rings. The Morgan fingerprint density at radius 2 is 1.87 bits per heavy atom. The first kappa shape index (κ1) is 22.2. The van der Waals surface area contributed by atoms with Gasteiger partial charge in [0.15, 0.2) is 18.3 Å². The lowest BCUT2D eigenvalue weighted by atomic mass is 10.2. The quantitative estimate of drug-likeness (QED) is 0.552. The summed E-state index contributed by atoms with van der Waals surface area (Å²) in [6.07, 6.45) is 1.51. The second-order valence-electron chi connectivity index (χ2n) is 7.38. The molecule has 0 spiro atoms. The molecule has 0 atom stereocenters. The lowest BCUT2D eigenvalue weighted by Crippen LogP contribution is -2.53. The molecule has 2 amide bonds. The van der Waals surface area contributed by atoms with Crippen molar-refractivity contribution in [1.82, 2.24) is 20.0 Å². The summed E-state index contributed by atoms with van der Waals surface area (Å²) >= 11 is 0. The number of nitrogens with one attached hydrogen (secondary N) is 1. The number of guanidine groups is 1. The predicted octanol–water partition coefficient (Wildman–Crippen LogP) is 1.28. The average Bonchev–Trinajstić information content (AvgIpc) is 3.33. The summed E-state index contributed by atoms with van der Waals surface area (Å²) in [6.45, 7) is 3.14. The summed E-state index contributed by atoms with van der Waals surface area (Å²) < 4.78 is 10.8. The number of benzene rings is 1. The van der Waals surface area contributed by atoms with Gasteiger partial charge in [0, 0.05) is 53.9 Å². The van der Waals surface area contributed by atoms with Crippen LogP contribution in [0.1, 0.15) is 16.1 Å². The highest BCUT2D eigenvalue weighted by Crippen LogP contribution is 2.14. The minimum Gasteiger partial charge on any atom is -0.484 e. The first-order valence-electron chi connectivity index (χ1n) is 10.2. The topological polar surface area (TPSA) is 90.6 Å². The number of carbonyl (C=O) groups is 2. The Kier molecular flexibility index (Phi) is 7.53. The Hall–Kier alpha value is -3.49. The predicted molar refractivity (Wildman–Crippen MR) is 117 cm³/mol. The molecule has 0 unspecified atom stereocenters. The fourth-order valence-corrected chi connectivity index (χ4v) is 3.21. The number of nitrogens with zero attached hydrogens (tertiary/aromatic N) is 4. The number of hydrogen-bond acceptors (Lipinski definition) is 5. The number of ether oxygens (including phenoxy) is 1. The highest BCUT2D eigenvalue weighted by atomic mass is 16.5. The molecule has 1 aliphatic heterocycles. The molecule has 2 aromatic rings. The second-order valence-corrected chi connectivity index (χ2v) is 7.38. The number of rotatable bonds is 6. The van der Waals surface area contributed by atoms with Gasteiger partial charge in [0.2, 0.25) is 0 Å². The molecule has 1 aromatic heterocycles. The van der Waals surface area contributed by atoms with Gasteiger partial charge in [-0.2, -0.15) is 0 Å². The van der Waals surface area contributed by atoms with E-state index in [0.29, 0.717) is 44.2 Å². The van der Waals surface area contributed by atoms with Gasteiger partial charge < -0.3 is 29.2 Å². The van der Waals surface area contributed by atoms with Crippen molar-refractivity contribution in [3.63, 3.8) is 0 Å². The van der Waals surface area contributed by atoms with Gasteiger partial charge in [-0.05, 0) is 29.8 Å². The van der Waals surface area contributed by atoms with Crippen LogP contribution < -0.4 is 10.1 Å². The summed E-state index contributed by atoms with van der Waals surface area (Å²) in [7, 11) is 5.14. The van der Waals surface area contributed by atoms with Crippen molar-refractivity contribution in [2.24, 2.45) is 4.99 Å². The van der Waals surface area contributed by atoms with Crippen molar-refractivity contribution in [2.75, 3.05) is 53.9 Å². The number of furan rings is 1. The molecule has 3 rings (SSSR count). The Balaban J connectivity index is 1.49. The molecule has 9 heteroatoms. The molecule has 0 saturated carbocycles. The Labute approximate surface area is 182 Å². The third kappa shape index (κ3) is 6.00. The van der Waals surface area contributed by atoms with Gasteiger partial charge in [0.1, 0.15) is 5.75 Å². The highest BCUT2D eigenvalue weighted by molar-refractivity contribution is 5.91. The fourth-order valence-electron chi connectivity index (χ4n) is 3.21. The van der Waals surface area contributed by atoms with Gasteiger partial charge >= 0.3 is 0 Å². The number of piperazine rings is 1. The summed E-state index contributed by atoms with van der Waals surface area (Å²) in [5.74, 6) is 1.62. The third-order valence-electron chi connectivity index (χ3n) is 5.02. The molecule has 1 N–H and O–H groups in total. The van der Waals surface area contributed by atoms with Crippen LogP contribution in [0.2, 0.25) is 0 Å². The minimum absolute atomic E-state index is 0.00650. The van der Waals surface area contributed by atoms with E-state index in [1.165, 1.54) is 11.2 Å². The van der Waals surface area contributed by atoms with Crippen LogP contribution in [0.5, 0.6) is 5.75 Å². The summed E-state index contributed by atoms with van der Waals surface area (Å²) in [4.78, 5) is 33.9. The van der Waals surface area contributed by atoms with Crippen molar-refractivity contribution in [1.29, 1.82) is 0 Å². The van der Waals surface area contributed by atoms with Crippen molar-refractivity contribution in [3.05, 3.63) is 54.0 Å². The zero-order valence-corrected chi connectivity index (χ0v) is 18.2. The monoisotopic (exact) mass is 427 g/mol. The largest absolute Gasteiger partial charge is 0.484 e. The number of hydrogen-bond donors (Lipinski definition) is 1. The van der Waals surface area contributed by atoms with Crippen LogP contribution >= 0.6 is 0 Å². The van der Waals surface area contributed by atoms with Gasteiger partial charge in [-0.25, -0.2) is 0 Å². The van der Waals surface area contributed by atoms with Crippen molar-refractivity contribution >= 4 is 17.8 Å². The molecule has 1 aliphatic rings. The van der Waals surface area contributed by atoms with Crippen LogP contribution in [-0.2, 0) is 11.3 Å². The molecule has 0 radical (unpaired) electrons. The van der Waals surface area contributed by atoms with E-state index in [9.17, 15) is 9.59 Å². The van der Waals surface area contributed by atoms with E-state index in [1.54, 1.807) is 38.2 Å². The normalized spacial score (nSPS) is 14.4. The first-order valence-corrected chi connectivity index (χ1v) is 10.2. The summed E-state index contributed by atoms with van der Waals surface area (Å²) in [5, 5.41) is 3.36. The first-order chi connectivity index (χ1) is 15.0. The number of carbonyl (C=O) groups excluding carboxylic acids is 2. The maximum Gasteiger partial charge on any atom is 0.289 e. The molecule has 31 heavy (non-hydrogen) atoms. The smallest absolute Gasteiger partial charge is 0.289 e. The van der Waals surface area contributed by atoms with Crippen LogP contribution in [-0.4, -0.2) is 86.4 Å². The van der Waals surface area contributed by atoms with Crippen LogP contribution in [0.25, 0.3) is 0 Å². The molecule has 166 valence electrons. The molecular formula is C22H29N5O4. The molecule has 1 saturated heterocycles. The standard InChI is InChI=1S/C22H29N5O4/c1-23-22(27-11-9-26(10-12-27)21(29)19-8-5-13-30-19)24-15-17-6-4-7-18(14-17)31-16-20(28)25(2)3/h4-8,13-14H,9-12,15-16H2,1-3H3,(H,23,24). The summed E-state index contributed by atoms with van der Waals surface area (Å²) in [5.41, 5.74) is 1.02. The fraction of sp³-hybridized carbons (Fsp3) is 0.409. The SMILES string of the molecule is CN=C(NCc1cccc(OCC(=O)N(C)C)c1)N1CCN(C(=O)c2ccco2)CC1. The van der Waals surface area contributed by atoms with Gasteiger partial charge in [0.25, 0.3) is 11.8 Å². The van der Waals surface area contributed by atoms with Crippen molar-refractivity contribution < 1.29 is 18.7 Å². The van der Waals surface area contributed by atoms with Gasteiger partial charge in [-0.15, -0.1) is 0 Å². The van der Waals surface area contributed by atoms with E-state index in [0.717, 1.165) is 11.5 Å². The van der Waals surface area contributed by atoms with Crippen molar-refractivity contribution in [3.8, 4) is 5.75 Å². The van der Waals surface area contributed by atoms with Gasteiger partial charge in [-0.1, -0.05) is 12.1 Å². The lowest BCUT2D eigenvalue weighted by Gasteiger charge is -2.36. The zero-order valence-electron chi connectivity index (χ0n) is 18.2. The molecule has 9 nitrogen and oxygen atoms in total. The molecule has 2 heterocycles. The third-order valence-corrected chi connectivity index (χ3v) is 5.02. The molecule has 1 aromatic carbocycles. The minimum atomic E-state index is -0.0893. The highest BCUT2D eigenvalue weighted by Gasteiger charge is 2.25.